The van der Waals surface area contributed by atoms with Crippen molar-refractivity contribution in [1.82, 2.24) is 5.32 Å². The quantitative estimate of drug-likeness (QED) is 0.620. The van der Waals surface area contributed by atoms with Gasteiger partial charge in [0, 0.05) is 12.2 Å². The van der Waals surface area contributed by atoms with Crippen LogP contribution in [0.5, 0.6) is 0 Å². The van der Waals surface area contributed by atoms with Gasteiger partial charge in [-0.2, -0.15) is 5.10 Å². The third kappa shape index (κ3) is 2.38. The lowest BCUT2D eigenvalue weighted by atomic mass is 10.1. The van der Waals surface area contributed by atoms with E-state index in [1.807, 2.05) is 6.07 Å². The van der Waals surface area contributed by atoms with Crippen molar-refractivity contribution >= 4 is 34.7 Å². The lowest BCUT2D eigenvalue weighted by Crippen LogP contribution is -2.19. The van der Waals surface area contributed by atoms with Gasteiger partial charge in [0.15, 0.2) is 5.17 Å². The molecule has 92 valence electrons. The van der Waals surface area contributed by atoms with E-state index < -0.39 is 0 Å². The molecule has 1 aromatic rings. The third-order valence-electron chi connectivity index (χ3n) is 2.78. The third-order valence-corrected chi connectivity index (χ3v) is 3.64. The fourth-order valence-corrected chi connectivity index (χ4v) is 2.56. The number of carbonyl (C=O) groups excluding carboxylic acids is 1. The first-order valence-electron chi connectivity index (χ1n) is 5.72. The molecular weight excluding hydrogens is 248 g/mol. The van der Waals surface area contributed by atoms with E-state index in [9.17, 15) is 4.79 Å². The van der Waals surface area contributed by atoms with Gasteiger partial charge in [0.2, 0.25) is 5.91 Å². The van der Waals surface area contributed by atoms with E-state index in [4.69, 9.17) is 0 Å². The zero-order valence-electron chi connectivity index (χ0n) is 9.64. The molecular formula is C12H12N4OS. The Morgan fingerprint density at radius 3 is 3.17 bits per heavy atom. The lowest BCUT2D eigenvalue weighted by molar-refractivity contribution is -0.116. The van der Waals surface area contributed by atoms with Gasteiger partial charge >= 0.3 is 0 Å². The van der Waals surface area contributed by atoms with Gasteiger partial charge in [-0.05, 0) is 29.7 Å². The number of amides is 1. The van der Waals surface area contributed by atoms with E-state index in [0.29, 0.717) is 10.9 Å². The number of amidine groups is 1. The number of rotatable bonds is 2. The summed E-state index contributed by atoms with van der Waals surface area (Å²) < 4.78 is 0. The van der Waals surface area contributed by atoms with Crippen LogP contribution in [0.25, 0.3) is 0 Å². The van der Waals surface area contributed by atoms with Crippen LogP contribution in [0.2, 0.25) is 0 Å². The summed E-state index contributed by atoms with van der Waals surface area (Å²) in [7, 11) is 0. The van der Waals surface area contributed by atoms with Crippen molar-refractivity contribution in [2.75, 3.05) is 17.6 Å². The van der Waals surface area contributed by atoms with E-state index in [2.05, 4.69) is 33.0 Å². The van der Waals surface area contributed by atoms with E-state index in [0.717, 1.165) is 18.5 Å². The molecule has 1 fully saturated rings. The highest BCUT2D eigenvalue weighted by Gasteiger charge is 2.15. The van der Waals surface area contributed by atoms with Gasteiger partial charge in [-0.1, -0.05) is 17.8 Å². The molecule has 0 saturated carbocycles. The molecule has 0 spiro atoms. The molecule has 2 N–H and O–H groups in total. The van der Waals surface area contributed by atoms with Crippen LogP contribution in [-0.2, 0) is 11.2 Å². The monoisotopic (exact) mass is 260 g/mol. The standard InChI is InChI=1S/C12H12N4OS/c17-11-7-18-12(15-11)16-14-6-8-1-2-10-9(5-8)3-4-13-10/h1-2,5-6,13H,3-4,7H2,(H,15,16,17). The fraction of sp³-hybridized carbons (Fsp3) is 0.250. The molecule has 2 aliphatic heterocycles. The topological polar surface area (TPSA) is 65.8 Å². The first-order chi connectivity index (χ1) is 8.81. The maximum absolute atomic E-state index is 10.9. The average Bonchev–Trinajstić information content (AvgIpc) is 2.97. The molecule has 1 aromatic carbocycles. The summed E-state index contributed by atoms with van der Waals surface area (Å²) in [5.41, 5.74) is 3.54. The molecule has 0 unspecified atom stereocenters. The minimum atomic E-state index is -0.0162. The number of carbonyl (C=O) groups is 1. The zero-order valence-corrected chi connectivity index (χ0v) is 10.5. The molecule has 0 radical (unpaired) electrons. The second-order valence-corrected chi connectivity index (χ2v) is 5.04. The largest absolute Gasteiger partial charge is 0.384 e. The molecule has 0 aromatic heterocycles. The van der Waals surface area contributed by atoms with Crippen LogP contribution >= 0.6 is 11.8 Å². The van der Waals surface area contributed by atoms with Crippen molar-refractivity contribution in [1.29, 1.82) is 0 Å². The molecule has 0 bridgehead atoms. The zero-order chi connectivity index (χ0) is 12.4. The van der Waals surface area contributed by atoms with Crippen molar-refractivity contribution in [2.45, 2.75) is 6.42 Å². The molecule has 2 heterocycles. The van der Waals surface area contributed by atoms with Crippen molar-refractivity contribution < 1.29 is 4.79 Å². The highest BCUT2D eigenvalue weighted by molar-refractivity contribution is 8.15. The predicted octanol–water partition coefficient (Wildman–Crippen LogP) is 1.21. The first-order valence-corrected chi connectivity index (χ1v) is 6.70. The maximum atomic E-state index is 10.9. The van der Waals surface area contributed by atoms with Gasteiger partial charge < -0.3 is 10.6 Å². The van der Waals surface area contributed by atoms with Crippen LogP contribution in [-0.4, -0.2) is 29.6 Å². The number of nitrogens with zero attached hydrogens (tertiary/aromatic N) is 2. The summed E-state index contributed by atoms with van der Waals surface area (Å²) in [6, 6.07) is 6.17. The Hall–Kier alpha value is -1.82. The predicted molar refractivity (Wildman–Crippen MR) is 74.3 cm³/mol. The molecule has 1 saturated heterocycles. The molecule has 0 atom stereocenters. The minimum absolute atomic E-state index is 0.0162. The number of benzene rings is 1. The molecule has 1 amide bonds. The van der Waals surface area contributed by atoms with Crippen LogP contribution in [0.4, 0.5) is 5.69 Å². The number of hydrogen-bond donors (Lipinski definition) is 2. The summed E-state index contributed by atoms with van der Waals surface area (Å²) in [4.78, 5) is 10.9. The van der Waals surface area contributed by atoms with Gasteiger partial charge in [-0.15, -0.1) is 5.10 Å². The molecule has 6 heteroatoms. The number of hydrogen-bond acceptors (Lipinski definition) is 5. The Kier molecular flexibility index (Phi) is 3.02. The Balaban J connectivity index is 1.71. The summed E-state index contributed by atoms with van der Waals surface area (Å²) >= 11 is 1.37. The Labute approximate surface area is 109 Å². The van der Waals surface area contributed by atoms with Crippen LogP contribution in [0.15, 0.2) is 28.4 Å². The van der Waals surface area contributed by atoms with Gasteiger partial charge in [0.1, 0.15) is 0 Å². The molecule has 18 heavy (non-hydrogen) atoms. The molecule has 0 aliphatic carbocycles. The Morgan fingerprint density at radius 1 is 1.39 bits per heavy atom. The highest BCUT2D eigenvalue weighted by Crippen LogP contribution is 2.22. The van der Waals surface area contributed by atoms with E-state index in [1.165, 1.54) is 23.0 Å². The summed E-state index contributed by atoms with van der Waals surface area (Å²) in [6.07, 6.45) is 2.76. The number of anilines is 1. The van der Waals surface area contributed by atoms with Gasteiger partial charge in [-0.3, -0.25) is 4.79 Å². The smallest absolute Gasteiger partial charge is 0.236 e. The van der Waals surface area contributed by atoms with E-state index in [-0.39, 0.29) is 5.91 Å². The minimum Gasteiger partial charge on any atom is -0.384 e. The van der Waals surface area contributed by atoms with Crippen LogP contribution in [0.1, 0.15) is 11.1 Å². The molecule has 5 nitrogen and oxygen atoms in total. The average molecular weight is 260 g/mol. The Morgan fingerprint density at radius 2 is 2.33 bits per heavy atom. The maximum Gasteiger partial charge on any atom is 0.236 e. The van der Waals surface area contributed by atoms with Crippen LogP contribution < -0.4 is 10.6 Å². The normalized spacial score (nSPS) is 20.2. The summed E-state index contributed by atoms with van der Waals surface area (Å²) in [6.45, 7) is 1.00. The van der Waals surface area contributed by atoms with Crippen LogP contribution in [0, 0.1) is 0 Å². The number of fused-ring (bicyclic) bond motifs is 1. The van der Waals surface area contributed by atoms with Crippen molar-refractivity contribution in [3.8, 4) is 0 Å². The summed E-state index contributed by atoms with van der Waals surface area (Å²) in [5, 5.41) is 14.5. The SMILES string of the molecule is O=C1CSC(=NN=Cc2ccc3c(c2)CCN3)N1. The van der Waals surface area contributed by atoms with Crippen molar-refractivity contribution in [3.05, 3.63) is 29.3 Å². The molecule has 2 aliphatic rings. The second-order valence-electron chi connectivity index (χ2n) is 4.08. The Bertz CT molecular complexity index is 553. The van der Waals surface area contributed by atoms with E-state index >= 15 is 0 Å². The fourth-order valence-electron chi connectivity index (χ4n) is 1.93. The summed E-state index contributed by atoms with van der Waals surface area (Å²) in [5.74, 6) is 0.413. The van der Waals surface area contributed by atoms with Gasteiger partial charge in [-0.25, -0.2) is 0 Å². The number of thioether (sulfide) groups is 1. The molecule has 3 rings (SSSR count). The van der Waals surface area contributed by atoms with Crippen molar-refractivity contribution in [3.63, 3.8) is 0 Å². The van der Waals surface area contributed by atoms with Gasteiger partial charge in [0.05, 0.1) is 12.0 Å². The number of nitrogens with one attached hydrogen (secondary N) is 2. The van der Waals surface area contributed by atoms with Crippen molar-refractivity contribution in [2.24, 2.45) is 10.2 Å². The lowest BCUT2D eigenvalue weighted by Gasteiger charge is -1.99. The highest BCUT2D eigenvalue weighted by atomic mass is 32.2. The second kappa shape index (κ2) is 4.81. The van der Waals surface area contributed by atoms with E-state index in [1.54, 1.807) is 6.21 Å². The van der Waals surface area contributed by atoms with Gasteiger partial charge in [0.25, 0.3) is 0 Å². The first kappa shape index (κ1) is 11.3. The van der Waals surface area contributed by atoms with Crippen LogP contribution in [0.3, 0.4) is 0 Å².